The molecule has 0 radical (unpaired) electrons. The molecule has 1 unspecified atom stereocenters. The Kier molecular flexibility index (Phi) is 3.87. The Hall–Kier alpha value is -0.430. The number of sulfonamides is 1. The van der Waals surface area contributed by atoms with E-state index in [2.05, 4.69) is 15.9 Å². The minimum Gasteiger partial charge on any atom is -0.377 e. The molecule has 94 valence electrons. The number of rotatable bonds is 2. The summed E-state index contributed by atoms with van der Waals surface area (Å²) >= 11 is 3.23. The third-order valence-electron chi connectivity index (χ3n) is 2.85. The van der Waals surface area contributed by atoms with Crippen LogP contribution in [-0.4, -0.2) is 30.6 Å². The largest absolute Gasteiger partial charge is 0.377 e. The number of hydrogen-bond donors (Lipinski definition) is 1. The summed E-state index contributed by atoms with van der Waals surface area (Å²) in [6.45, 7) is 0.380. The van der Waals surface area contributed by atoms with Crippen molar-refractivity contribution in [3.63, 3.8) is 0 Å². The Morgan fingerprint density at radius 1 is 1.29 bits per heavy atom. The number of benzene rings is 1. The van der Waals surface area contributed by atoms with Gasteiger partial charge in [0.25, 0.3) is 0 Å². The molecule has 0 aliphatic carbocycles. The molecule has 1 N–H and O–H groups in total. The Morgan fingerprint density at radius 2 is 2.00 bits per heavy atom. The summed E-state index contributed by atoms with van der Waals surface area (Å²) in [7, 11) is -3.61. The number of aliphatic hydroxyl groups excluding tert-OH is 1. The highest BCUT2D eigenvalue weighted by atomic mass is 79.9. The van der Waals surface area contributed by atoms with Gasteiger partial charge in [-0.05, 0) is 47.3 Å². The molecule has 6 heteroatoms. The van der Waals surface area contributed by atoms with Gasteiger partial charge in [-0.25, -0.2) is 8.42 Å². The average molecular weight is 320 g/mol. The second-order valence-electron chi connectivity index (χ2n) is 4.02. The van der Waals surface area contributed by atoms with Gasteiger partial charge >= 0.3 is 0 Å². The van der Waals surface area contributed by atoms with Crippen LogP contribution < -0.4 is 0 Å². The Balaban J connectivity index is 2.39. The minimum atomic E-state index is -3.61. The van der Waals surface area contributed by atoms with Gasteiger partial charge in [0.15, 0.2) is 0 Å². The molecule has 1 aliphatic heterocycles. The van der Waals surface area contributed by atoms with E-state index >= 15 is 0 Å². The van der Waals surface area contributed by atoms with Gasteiger partial charge in [-0.2, -0.15) is 4.31 Å². The standard InChI is InChI=1S/C11H14BrNO3S/c12-9-5-1-2-6-10(9)17(15,16)13-8-4-3-7-11(13)14/h1-2,5-6,11,14H,3-4,7-8H2. The molecular formula is C11H14BrNO3S. The highest BCUT2D eigenvalue weighted by Crippen LogP contribution is 2.28. The fraction of sp³-hybridized carbons (Fsp3) is 0.455. The van der Waals surface area contributed by atoms with Crippen LogP contribution >= 0.6 is 15.9 Å². The van der Waals surface area contributed by atoms with E-state index in [1.54, 1.807) is 24.3 Å². The van der Waals surface area contributed by atoms with Crippen molar-refractivity contribution in [1.29, 1.82) is 0 Å². The zero-order chi connectivity index (χ0) is 12.5. The van der Waals surface area contributed by atoms with E-state index in [9.17, 15) is 13.5 Å². The molecule has 0 saturated carbocycles. The molecule has 0 bridgehead atoms. The molecule has 1 saturated heterocycles. The molecule has 0 aromatic heterocycles. The second kappa shape index (κ2) is 5.06. The lowest BCUT2D eigenvalue weighted by Gasteiger charge is -2.31. The van der Waals surface area contributed by atoms with Crippen LogP contribution in [0.5, 0.6) is 0 Å². The maximum absolute atomic E-state index is 12.4. The summed E-state index contributed by atoms with van der Waals surface area (Å²) in [6, 6.07) is 6.66. The van der Waals surface area contributed by atoms with Gasteiger partial charge in [0.05, 0.1) is 4.90 Å². The van der Waals surface area contributed by atoms with Crippen LogP contribution in [0.4, 0.5) is 0 Å². The third kappa shape index (κ3) is 2.54. The third-order valence-corrected chi connectivity index (χ3v) is 5.76. The van der Waals surface area contributed by atoms with Gasteiger partial charge in [0, 0.05) is 11.0 Å². The van der Waals surface area contributed by atoms with E-state index in [4.69, 9.17) is 0 Å². The van der Waals surface area contributed by atoms with Crippen LogP contribution in [0.15, 0.2) is 33.6 Å². The van der Waals surface area contributed by atoms with Crippen molar-refractivity contribution < 1.29 is 13.5 Å². The van der Waals surface area contributed by atoms with Crippen LogP contribution in [0.3, 0.4) is 0 Å². The molecule has 1 heterocycles. The maximum atomic E-state index is 12.4. The van der Waals surface area contributed by atoms with Gasteiger partial charge < -0.3 is 5.11 Å². The zero-order valence-electron chi connectivity index (χ0n) is 9.21. The monoisotopic (exact) mass is 319 g/mol. The molecule has 1 fully saturated rings. The lowest BCUT2D eigenvalue weighted by molar-refractivity contribution is 0.0333. The first-order valence-corrected chi connectivity index (χ1v) is 7.71. The predicted octanol–water partition coefficient (Wildman–Crippen LogP) is 1.94. The van der Waals surface area contributed by atoms with Gasteiger partial charge in [-0.1, -0.05) is 12.1 Å². The summed E-state index contributed by atoms with van der Waals surface area (Å²) in [5.41, 5.74) is 0. The van der Waals surface area contributed by atoms with Crippen LogP contribution in [-0.2, 0) is 10.0 Å². The minimum absolute atomic E-state index is 0.209. The number of halogens is 1. The fourth-order valence-corrected chi connectivity index (χ4v) is 4.46. The van der Waals surface area contributed by atoms with Crippen molar-refractivity contribution in [3.8, 4) is 0 Å². The molecule has 1 aliphatic rings. The summed E-state index contributed by atoms with van der Waals surface area (Å²) < 4.78 is 26.4. The molecule has 0 amide bonds. The van der Waals surface area contributed by atoms with E-state index in [0.717, 1.165) is 12.8 Å². The predicted molar refractivity (Wildman–Crippen MR) is 67.9 cm³/mol. The number of hydrogen-bond acceptors (Lipinski definition) is 3. The summed E-state index contributed by atoms with van der Waals surface area (Å²) in [6.07, 6.45) is 1.26. The summed E-state index contributed by atoms with van der Waals surface area (Å²) in [4.78, 5) is 0.209. The molecule has 0 spiro atoms. The normalized spacial score (nSPS) is 22.6. The van der Waals surface area contributed by atoms with Gasteiger partial charge in [0.1, 0.15) is 6.23 Å². The van der Waals surface area contributed by atoms with Crippen molar-refractivity contribution in [3.05, 3.63) is 28.7 Å². The molecule has 2 rings (SSSR count). The Labute approximate surface area is 109 Å². The molecule has 17 heavy (non-hydrogen) atoms. The van der Waals surface area contributed by atoms with E-state index < -0.39 is 16.3 Å². The second-order valence-corrected chi connectivity index (χ2v) is 6.74. The van der Waals surface area contributed by atoms with Gasteiger partial charge in [-0.15, -0.1) is 0 Å². The lowest BCUT2D eigenvalue weighted by Crippen LogP contribution is -2.43. The number of piperidine rings is 1. The van der Waals surface area contributed by atoms with Crippen LogP contribution in [0.2, 0.25) is 0 Å². The number of nitrogens with zero attached hydrogens (tertiary/aromatic N) is 1. The maximum Gasteiger partial charge on any atom is 0.246 e. The van der Waals surface area contributed by atoms with E-state index in [1.165, 1.54) is 4.31 Å². The molecule has 1 aromatic rings. The van der Waals surface area contributed by atoms with E-state index in [0.29, 0.717) is 17.4 Å². The van der Waals surface area contributed by atoms with Crippen molar-refractivity contribution in [1.82, 2.24) is 4.31 Å². The molecule has 1 aromatic carbocycles. The zero-order valence-corrected chi connectivity index (χ0v) is 11.6. The first-order valence-electron chi connectivity index (χ1n) is 5.48. The highest BCUT2D eigenvalue weighted by molar-refractivity contribution is 9.10. The Morgan fingerprint density at radius 3 is 2.65 bits per heavy atom. The van der Waals surface area contributed by atoms with E-state index in [1.807, 2.05) is 0 Å². The van der Waals surface area contributed by atoms with Crippen molar-refractivity contribution in [2.75, 3.05) is 6.54 Å². The first kappa shape index (κ1) is 13.0. The van der Waals surface area contributed by atoms with Crippen molar-refractivity contribution in [2.24, 2.45) is 0 Å². The van der Waals surface area contributed by atoms with Gasteiger partial charge in [-0.3, -0.25) is 0 Å². The van der Waals surface area contributed by atoms with Crippen molar-refractivity contribution in [2.45, 2.75) is 30.4 Å². The SMILES string of the molecule is O=S(=O)(c1ccccc1Br)N1CCCCC1O. The quantitative estimate of drug-likeness (QED) is 0.906. The smallest absolute Gasteiger partial charge is 0.246 e. The number of aliphatic hydroxyl groups is 1. The van der Waals surface area contributed by atoms with Crippen LogP contribution in [0.1, 0.15) is 19.3 Å². The summed E-state index contributed by atoms with van der Waals surface area (Å²) in [5.74, 6) is 0. The molecule has 1 atom stereocenters. The lowest BCUT2D eigenvalue weighted by atomic mass is 10.1. The van der Waals surface area contributed by atoms with E-state index in [-0.39, 0.29) is 4.90 Å². The Bertz CT molecular complexity index is 503. The van der Waals surface area contributed by atoms with Crippen LogP contribution in [0.25, 0.3) is 0 Å². The average Bonchev–Trinajstić information content (AvgIpc) is 2.29. The van der Waals surface area contributed by atoms with Crippen LogP contribution in [0, 0.1) is 0 Å². The van der Waals surface area contributed by atoms with Crippen molar-refractivity contribution >= 4 is 26.0 Å². The molecular weight excluding hydrogens is 306 g/mol. The molecule has 4 nitrogen and oxygen atoms in total. The summed E-state index contributed by atoms with van der Waals surface area (Å²) in [5, 5.41) is 9.79. The highest BCUT2D eigenvalue weighted by Gasteiger charge is 2.33. The van der Waals surface area contributed by atoms with Gasteiger partial charge in [0.2, 0.25) is 10.0 Å². The fourth-order valence-electron chi connectivity index (χ4n) is 1.95. The first-order chi connectivity index (χ1) is 8.03. The topological polar surface area (TPSA) is 57.6 Å².